The van der Waals surface area contributed by atoms with Crippen LogP contribution in [0.25, 0.3) is 0 Å². The lowest BCUT2D eigenvalue weighted by molar-refractivity contribution is -0.118. The summed E-state index contributed by atoms with van der Waals surface area (Å²) in [6.07, 6.45) is 1.10. The third-order valence-electron chi connectivity index (χ3n) is 2.57. The lowest BCUT2D eigenvalue weighted by Crippen LogP contribution is -2.40. The Kier molecular flexibility index (Phi) is 4.48. The summed E-state index contributed by atoms with van der Waals surface area (Å²) < 4.78 is 23.1. The Morgan fingerprint density at radius 2 is 1.83 bits per heavy atom. The van der Waals surface area contributed by atoms with E-state index >= 15 is 0 Å². The Morgan fingerprint density at radius 3 is 2.33 bits per heavy atom. The maximum atomic E-state index is 11.8. The van der Waals surface area contributed by atoms with Gasteiger partial charge in [-0.2, -0.15) is 0 Å². The molecule has 0 spiro atoms. The maximum absolute atomic E-state index is 11.8. The second-order valence-electron chi connectivity index (χ2n) is 4.53. The number of benzene rings is 1. The normalized spacial score (nSPS) is 13.4. The first-order valence-corrected chi connectivity index (χ1v) is 7.48. The van der Waals surface area contributed by atoms with Gasteiger partial charge < -0.3 is 11.1 Å². The summed E-state index contributed by atoms with van der Waals surface area (Å²) in [6, 6.07) is 5.59. The van der Waals surface area contributed by atoms with Crippen LogP contribution in [0.5, 0.6) is 0 Å². The average Bonchev–Trinajstić information content (AvgIpc) is 2.27. The van der Waals surface area contributed by atoms with E-state index in [1.165, 1.54) is 6.07 Å². The smallest absolute Gasteiger partial charge is 0.241 e. The van der Waals surface area contributed by atoms with Crippen LogP contribution in [0.1, 0.15) is 13.8 Å². The zero-order chi connectivity index (χ0) is 13.9. The number of sulfone groups is 1. The van der Waals surface area contributed by atoms with Crippen molar-refractivity contribution in [2.45, 2.75) is 24.8 Å². The van der Waals surface area contributed by atoms with Crippen LogP contribution < -0.4 is 11.1 Å². The van der Waals surface area contributed by atoms with Crippen molar-refractivity contribution >= 4 is 21.4 Å². The number of para-hydroxylation sites is 1. The van der Waals surface area contributed by atoms with E-state index in [0.29, 0.717) is 0 Å². The van der Waals surface area contributed by atoms with Gasteiger partial charge >= 0.3 is 0 Å². The Hall–Kier alpha value is -1.40. The van der Waals surface area contributed by atoms with E-state index in [4.69, 9.17) is 5.73 Å². The summed E-state index contributed by atoms with van der Waals surface area (Å²) in [6.45, 7) is 3.65. The Labute approximate surface area is 107 Å². The van der Waals surface area contributed by atoms with Gasteiger partial charge in [0.1, 0.15) is 0 Å². The van der Waals surface area contributed by atoms with E-state index in [-0.39, 0.29) is 22.4 Å². The molecule has 18 heavy (non-hydrogen) atoms. The molecule has 0 aliphatic heterocycles. The molecule has 100 valence electrons. The summed E-state index contributed by atoms with van der Waals surface area (Å²) >= 11 is 0. The lowest BCUT2D eigenvalue weighted by Gasteiger charge is -2.16. The second kappa shape index (κ2) is 5.49. The number of amides is 1. The zero-order valence-corrected chi connectivity index (χ0v) is 11.5. The number of nitrogens with two attached hydrogens (primary N) is 1. The van der Waals surface area contributed by atoms with Crippen LogP contribution in [-0.2, 0) is 14.6 Å². The molecule has 0 saturated heterocycles. The fourth-order valence-corrected chi connectivity index (χ4v) is 2.26. The molecule has 1 rings (SSSR count). The Bertz CT molecular complexity index is 538. The summed E-state index contributed by atoms with van der Waals surface area (Å²) in [7, 11) is -3.38. The van der Waals surface area contributed by atoms with Crippen LogP contribution >= 0.6 is 0 Å². The van der Waals surface area contributed by atoms with Crippen LogP contribution in [0.4, 0.5) is 5.69 Å². The van der Waals surface area contributed by atoms with Crippen molar-refractivity contribution in [2.24, 2.45) is 11.7 Å². The van der Waals surface area contributed by atoms with Gasteiger partial charge in [-0.3, -0.25) is 4.79 Å². The number of rotatable bonds is 4. The van der Waals surface area contributed by atoms with Crippen molar-refractivity contribution < 1.29 is 13.2 Å². The van der Waals surface area contributed by atoms with Gasteiger partial charge in [0.2, 0.25) is 5.91 Å². The van der Waals surface area contributed by atoms with Crippen molar-refractivity contribution in [3.63, 3.8) is 0 Å². The minimum atomic E-state index is -3.38. The highest BCUT2D eigenvalue weighted by Gasteiger charge is 2.20. The zero-order valence-electron chi connectivity index (χ0n) is 10.7. The molecule has 0 radical (unpaired) electrons. The number of carbonyl (C=O) groups is 1. The fourth-order valence-electron chi connectivity index (χ4n) is 1.41. The van der Waals surface area contributed by atoms with Crippen molar-refractivity contribution in [3.8, 4) is 0 Å². The van der Waals surface area contributed by atoms with Gasteiger partial charge in [-0.05, 0) is 18.1 Å². The van der Waals surface area contributed by atoms with Gasteiger partial charge in [0.25, 0.3) is 0 Å². The van der Waals surface area contributed by atoms with Gasteiger partial charge in [-0.15, -0.1) is 0 Å². The van der Waals surface area contributed by atoms with E-state index in [0.717, 1.165) is 6.26 Å². The molecule has 0 aromatic heterocycles. The predicted molar refractivity (Wildman–Crippen MR) is 71.0 cm³/mol. The number of nitrogens with one attached hydrogen (secondary N) is 1. The SMILES string of the molecule is CC(C)C(N)C(=O)Nc1ccccc1S(C)(=O)=O. The van der Waals surface area contributed by atoms with Crippen LogP contribution in [-0.4, -0.2) is 26.6 Å². The Balaban J connectivity index is 3.03. The largest absolute Gasteiger partial charge is 0.324 e. The number of anilines is 1. The molecule has 1 amide bonds. The standard InChI is InChI=1S/C12H18N2O3S/c1-8(2)11(13)12(15)14-9-6-4-5-7-10(9)18(3,16)17/h4-8,11H,13H2,1-3H3,(H,14,15). The third-order valence-corrected chi connectivity index (χ3v) is 3.72. The van der Waals surface area contributed by atoms with Gasteiger partial charge in [-0.1, -0.05) is 26.0 Å². The highest BCUT2D eigenvalue weighted by molar-refractivity contribution is 7.90. The van der Waals surface area contributed by atoms with E-state index < -0.39 is 15.9 Å². The van der Waals surface area contributed by atoms with Gasteiger partial charge in [-0.25, -0.2) is 8.42 Å². The maximum Gasteiger partial charge on any atom is 0.241 e. The molecule has 0 fully saturated rings. The highest BCUT2D eigenvalue weighted by Crippen LogP contribution is 2.20. The first-order chi connectivity index (χ1) is 8.23. The van der Waals surface area contributed by atoms with E-state index in [1.807, 2.05) is 13.8 Å². The summed E-state index contributed by atoms with van der Waals surface area (Å²) in [5.74, 6) is -0.406. The molecular weight excluding hydrogens is 252 g/mol. The van der Waals surface area contributed by atoms with E-state index in [1.54, 1.807) is 18.2 Å². The Morgan fingerprint density at radius 1 is 1.28 bits per heavy atom. The summed E-state index contributed by atoms with van der Waals surface area (Å²) in [5.41, 5.74) is 5.97. The van der Waals surface area contributed by atoms with Gasteiger partial charge in [0.05, 0.1) is 16.6 Å². The minimum Gasteiger partial charge on any atom is -0.324 e. The molecule has 3 N–H and O–H groups in total. The topological polar surface area (TPSA) is 89.3 Å². The van der Waals surface area contributed by atoms with Crippen molar-refractivity contribution in [1.29, 1.82) is 0 Å². The molecule has 5 nitrogen and oxygen atoms in total. The highest BCUT2D eigenvalue weighted by atomic mass is 32.2. The van der Waals surface area contributed by atoms with Crippen molar-refractivity contribution in [2.75, 3.05) is 11.6 Å². The number of hydrogen-bond acceptors (Lipinski definition) is 4. The number of hydrogen-bond donors (Lipinski definition) is 2. The molecule has 0 saturated carbocycles. The molecular formula is C12H18N2O3S. The molecule has 0 aliphatic carbocycles. The van der Waals surface area contributed by atoms with Crippen LogP contribution in [0, 0.1) is 5.92 Å². The molecule has 1 aromatic rings. The van der Waals surface area contributed by atoms with Crippen LogP contribution in [0.3, 0.4) is 0 Å². The lowest BCUT2D eigenvalue weighted by atomic mass is 10.1. The summed E-state index contributed by atoms with van der Waals surface area (Å²) in [5, 5.41) is 2.56. The second-order valence-corrected chi connectivity index (χ2v) is 6.51. The molecule has 0 bridgehead atoms. The monoisotopic (exact) mass is 270 g/mol. The quantitative estimate of drug-likeness (QED) is 0.854. The first-order valence-electron chi connectivity index (χ1n) is 5.59. The molecule has 1 unspecified atom stereocenters. The van der Waals surface area contributed by atoms with Crippen LogP contribution in [0.2, 0.25) is 0 Å². The molecule has 0 heterocycles. The van der Waals surface area contributed by atoms with Gasteiger partial charge in [0.15, 0.2) is 9.84 Å². The average molecular weight is 270 g/mol. The number of carbonyl (C=O) groups excluding carboxylic acids is 1. The molecule has 1 atom stereocenters. The molecule has 6 heteroatoms. The van der Waals surface area contributed by atoms with Crippen molar-refractivity contribution in [3.05, 3.63) is 24.3 Å². The third kappa shape index (κ3) is 3.54. The first kappa shape index (κ1) is 14.7. The minimum absolute atomic E-state index is 0.0182. The molecule has 0 aliphatic rings. The summed E-state index contributed by atoms with van der Waals surface area (Å²) in [4.78, 5) is 11.9. The molecule has 1 aromatic carbocycles. The van der Waals surface area contributed by atoms with Crippen LogP contribution in [0.15, 0.2) is 29.2 Å². The van der Waals surface area contributed by atoms with E-state index in [9.17, 15) is 13.2 Å². The fraction of sp³-hybridized carbons (Fsp3) is 0.417. The van der Waals surface area contributed by atoms with Gasteiger partial charge in [0, 0.05) is 6.26 Å². The van der Waals surface area contributed by atoms with E-state index in [2.05, 4.69) is 5.32 Å². The van der Waals surface area contributed by atoms with Crippen molar-refractivity contribution in [1.82, 2.24) is 0 Å². The predicted octanol–water partition coefficient (Wildman–Crippen LogP) is 1.01.